The van der Waals surface area contributed by atoms with Gasteiger partial charge in [-0.3, -0.25) is 4.99 Å². The smallest absolute Gasteiger partial charge is 0.226 e. The van der Waals surface area contributed by atoms with Crippen molar-refractivity contribution in [2.45, 2.75) is 26.6 Å². The highest BCUT2D eigenvalue weighted by Crippen LogP contribution is 2.19. The number of oxazole rings is 1. The summed E-state index contributed by atoms with van der Waals surface area (Å²) in [5.74, 6) is 1.04. The van der Waals surface area contributed by atoms with Crippen LogP contribution in [-0.2, 0) is 19.6 Å². The Labute approximate surface area is 200 Å². The van der Waals surface area contributed by atoms with Crippen LogP contribution in [0.3, 0.4) is 0 Å². The van der Waals surface area contributed by atoms with Crippen molar-refractivity contribution in [3.8, 4) is 11.5 Å². The first-order valence-electron chi connectivity index (χ1n) is 9.82. The zero-order valence-electron chi connectivity index (χ0n) is 18.3. The third-order valence-electron chi connectivity index (χ3n) is 4.57. The Morgan fingerprint density at radius 3 is 2.48 bits per heavy atom. The maximum atomic E-state index is 13.9. The number of benzene rings is 2. The fourth-order valence-corrected chi connectivity index (χ4v) is 3.00. The van der Waals surface area contributed by atoms with Crippen LogP contribution in [0.4, 0.5) is 4.39 Å². The van der Waals surface area contributed by atoms with Crippen LogP contribution in [-0.4, -0.2) is 37.0 Å². The Bertz CT molecular complexity index is 1000. The summed E-state index contributed by atoms with van der Waals surface area (Å²) in [6, 6.07) is 13.2. The Morgan fingerprint density at radius 1 is 1.10 bits per heavy atom. The van der Waals surface area contributed by atoms with Crippen LogP contribution in [0.1, 0.15) is 22.4 Å². The molecule has 0 aliphatic carbocycles. The maximum Gasteiger partial charge on any atom is 0.226 e. The van der Waals surface area contributed by atoms with Crippen LogP contribution in [0.25, 0.3) is 11.5 Å². The number of rotatable bonds is 7. The molecule has 2 aromatic carbocycles. The largest absolute Gasteiger partial charge is 0.444 e. The van der Waals surface area contributed by atoms with Gasteiger partial charge in [-0.05, 0) is 50.8 Å². The second kappa shape index (κ2) is 11.8. The number of halogens is 2. The van der Waals surface area contributed by atoms with Gasteiger partial charge in [0.05, 0.1) is 12.2 Å². The molecule has 31 heavy (non-hydrogen) atoms. The minimum absolute atomic E-state index is 0. The van der Waals surface area contributed by atoms with E-state index in [1.807, 2.05) is 56.3 Å². The number of aliphatic imine (C=N–C) groups is 1. The highest BCUT2D eigenvalue weighted by Gasteiger charge is 2.08. The molecule has 0 radical (unpaired) electrons. The van der Waals surface area contributed by atoms with Gasteiger partial charge >= 0.3 is 0 Å². The van der Waals surface area contributed by atoms with Crippen LogP contribution in [0.2, 0.25) is 0 Å². The first-order valence-corrected chi connectivity index (χ1v) is 9.82. The first-order chi connectivity index (χ1) is 14.4. The summed E-state index contributed by atoms with van der Waals surface area (Å²) >= 11 is 0. The van der Waals surface area contributed by atoms with E-state index in [1.165, 1.54) is 11.6 Å². The normalized spacial score (nSPS) is 11.4. The SMILES string of the molecule is CN=C(NCc1ccc(F)c(CN(C)C)c1)NCc1coc(-c2ccc(C)cc2)n1.I. The molecule has 166 valence electrons. The predicted molar refractivity (Wildman–Crippen MR) is 133 cm³/mol. The molecule has 8 heteroatoms. The average Bonchev–Trinajstić information content (AvgIpc) is 3.19. The van der Waals surface area contributed by atoms with Gasteiger partial charge in [0.1, 0.15) is 12.1 Å². The second-order valence-electron chi connectivity index (χ2n) is 7.45. The van der Waals surface area contributed by atoms with Crippen molar-refractivity contribution in [1.29, 1.82) is 0 Å². The van der Waals surface area contributed by atoms with Crippen LogP contribution in [0.15, 0.2) is 58.1 Å². The fourth-order valence-electron chi connectivity index (χ4n) is 3.00. The van der Waals surface area contributed by atoms with Crippen LogP contribution < -0.4 is 10.6 Å². The van der Waals surface area contributed by atoms with Gasteiger partial charge in [-0.15, -0.1) is 24.0 Å². The van der Waals surface area contributed by atoms with Gasteiger partial charge < -0.3 is 20.0 Å². The quantitative estimate of drug-likeness (QED) is 0.267. The molecule has 1 aromatic heterocycles. The number of hydrogen-bond donors (Lipinski definition) is 2. The molecular formula is C23H29FIN5O. The van der Waals surface area contributed by atoms with Crippen molar-refractivity contribution < 1.29 is 8.81 Å². The summed E-state index contributed by atoms with van der Waals surface area (Å²) in [5.41, 5.74) is 4.58. The number of nitrogens with one attached hydrogen (secondary N) is 2. The van der Waals surface area contributed by atoms with Gasteiger partial charge in [0.15, 0.2) is 5.96 Å². The molecule has 2 N–H and O–H groups in total. The van der Waals surface area contributed by atoms with E-state index in [0.29, 0.717) is 37.0 Å². The molecule has 0 aliphatic rings. The molecule has 0 amide bonds. The van der Waals surface area contributed by atoms with E-state index in [-0.39, 0.29) is 29.8 Å². The molecule has 3 aromatic rings. The molecule has 0 spiro atoms. The van der Waals surface area contributed by atoms with Crippen molar-refractivity contribution in [3.05, 3.63) is 76.9 Å². The first kappa shape index (κ1) is 24.8. The van der Waals surface area contributed by atoms with E-state index in [0.717, 1.165) is 16.8 Å². The zero-order chi connectivity index (χ0) is 21.5. The van der Waals surface area contributed by atoms with E-state index in [4.69, 9.17) is 4.42 Å². The Morgan fingerprint density at radius 2 is 1.81 bits per heavy atom. The monoisotopic (exact) mass is 537 g/mol. The zero-order valence-corrected chi connectivity index (χ0v) is 20.6. The molecule has 3 rings (SSSR count). The Hall–Kier alpha value is -2.46. The van der Waals surface area contributed by atoms with Crippen LogP contribution >= 0.6 is 24.0 Å². The molecule has 0 aliphatic heterocycles. The third kappa shape index (κ3) is 7.32. The number of aryl methyl sites for hydroxylation is 1. The molecule has 0 bridgehead atoms. The topological polar surface area (TPSA) is 65.7 Å². The maximum absolute atomic E-state index is 13.9. The second-order valence-corrected chi connectivity index (χ2v) is 7.45. The van der Waals surface area contributed by atoms with Gasteiger partial charge in [0, 0.05) is 31.3 Å². The summed E-state index contributed by atoms with van der Waals surface area (Å²) in [4.78, 5) is 10.7. The van der Waals surface area contributed by atoms with Crippen molar-refractivity contribution in [2.75, 3.05) is 21.1 Å². The summed E-state index contributed by atoms with van der Waals surface area (Å²) in [7, 11) is 5.55. The van der Waals surface area contributed by atoms with Crippen LogP contribution in [0.5, 0.6) is 0 Å². The minimum Gasteiger partial charge on any atom is -0.444 e. The number of aromatic nitrogens is 1. The molecule has 6 nitrogen and oxygen atoms in total. The summed E-state index contributed by atoms with van der Waals surface area (Å²) in [5, 5.41) is 6.47. The molecule has 0 unspecified atom stereocenters. The Balaban J connectivity index is 0.00000341. The predicted octanol–water partition coefficient (Wildman–Crippen LogP) is 4.33. The van der Waals surface area contributed by atoms with Gasteiger partial charge in [-0.1, -0.05) is 23.8 Å². The Kier molecular flexibility index (Phi) is 9.44. The van der Waals surface area contributed by atoms with Crippen molar-refractivity contribution in [1.82, 2.24) is 20.5 Å². The third-order valence-corrected chi connectivity index (χ3v) is 4.57. The molecule has 0 saturated heterocycles. The molecule has 0 fully saturated rings. The van der Waals surface area contributed by atoms with Gasteiger partial charge in [0.2, 0.25) is 5.89 Å². The van der Waals surface area contributed by atoms with E-state index in [1.54, 1.807) is 19.4 Å². The summed E-state index contributed by atoms with van der Waals surface area (Å²) < 4.78 is 19.5. The lowest BCUT2D eigenvalue weighted by atomic mass is 10.1. The molecule has 1 heterocycles. The molecule has 0 atom stereocenters. The fraction of sp³-hybridized carbons (Fsp3) is 0.304. The van der Waals surface area contributed by atoms with Crippen LogP contribution in [0, 0.1) is 12.7 Å². The van der Waals surface area contributed by atoms with Gasteiger partial charge in [-0.25, -0.2) is 9.37 Å². The lowest BCUT2D eigenvalue weighted by Gasteiger charge is -2.14. The van der Waals surface area contributed by atoms with E-state index >= 15 is 0 Å². The average molecular weight is 537 g/mol. The number of hydrogen-bond acceptors (Lipinski definition) is 4. The van der Waals surface area contributed by atoms with Crippen molar-refractivity contribution in [2.24, 2.45) is 4.99 Å². The highest BCUT2D eigenvalue weighted by molar-refractivity contribution is 14.0. The van der Waals surface area contributed by atoms with E-state index in [9.17, 15) is 4.39 Å². The number of guanidine groups is 1. The van der Waals surface area contributed by atoms with Crippen molar-refractivity contribution >= 4 is 29.9 Å². The molecular weight excluding hydrogens is 508 g/mol. The van der Waals surface area contributed by atoms with Gasteiger partial charge in [0.25, 0.3) is 0 Å². The van der Waals surface area contributed by atoms with Gasteiger partial charge in [-0.2, -0.15) is 0 Å². The minimum atomic E-state index is -0.189. The van der Waals surface area contributed by atoms with E-state index in [2.05, 4.69) is 20.6 Å². The summed E-state index contributed by atoms with van der Waals surface area (Å²) in [6.45, 7) is 3.61. The number of nitrogens with zero attached hydrogens (tertiary/aromatic N) is 3. The summed E-state index contributed by atoms with van der Waals surface area (Å²) in [6.07, 6.45) is 1.64. The lowest BCUT2D eigenvalue weighted by molar-refractivity contribution is 0.392. The van der Waals surface area contributed by atoms with Crippen molar-refractivity contribution in [3.63, 3.8) is 0 Å². The molecule has 0 saturated carbocycles. The standard InChI is InChI=1S/C23H28FN5O.HI/c1-16-5-8-18(9-6-16)22-28-20(15-30-22)13-27-23(25-2)26-12-17-7-10-21(24)19(11-17)14-29(3)4;/h5-11,15H,12-14H2,1-4H3,(H2,25,26,27);1H. The lowest BCUT2D eigenvalue weighted by Crippen LogP contribution is -2.36. The highest BCUT2D eigenvalue weighted by atomic mass is 127. The van der Waals surface area contributed by atoms with E-state index < -0.39 is 0 Å².